The zero-order valence-electron chi connectivity index (χ0n) is 9.33. The van der Waals surface area contributed by atoms with Crippen molar-refractivity contribution in [3.8, 4) is 11.5 Å². The second kappa shape index (κ2) is 5.41. The van der Waals surface area contributed by atoms with Crippen LogP contribution in [-0.2, 0) is 4.79 Å². The van der Waals surface area contributed by atoms with Gasteiger partial charge in [0.05, 0.1) is 0 Å². The fourth-order valence-corrected chi connectivity index (χ4v) is 2.01. The van der Waals surface area contributed by atoms with E-state index in [1.54, 1.807) is 31.2 Å². The molecule has 0 aliphatic rings. The van der Waals surface area contributed by atoms with E-state index < -0.39 is 11.2 Å². The molecule has 0 amide bonds. The Hall–Kier alpha value is -1.53. The van der Waals surface area contributed by atoms with Gasteiger partial charge in [-0.2, -0.15) is 0 Å². The van der Waals surface area contributed by atoms with E-state index in [0.717, 1.165) is 11.8 Å². The van der Waals surface area contributed by atoms with E-state index in [1.165, 1.54) is 0 Å². The number of rotatable bonds is 4. The number of hydrogen-bond acceptors (Lipinski definition) is 5. The Morgan fingerprint density at radius 2 is 2.28 bits per heavy atom. The summed E-state index contributed by atoms with van der Waals surface area (Å²) in [7, 11) is 0. The molecule has 7 heteroatoms. The summed E-state index contributed by atoms with van der Waals surface area (Å²) in [4.78, 5) is 10.7. The van der Waals surface area contributed by atoms with Gasteiger partial charge in [0.1, 0.15) is 5.25 Å². The number of hydrogen-bond donors (Lipinski definition) is 1. The van der Waals surface area contributed by atoms with Gasteiger partial charge in [-0.05, 0) is 25.1 Å². The summed E-state index contributed by atoms with van der Waals surface area (Å²) < 4.78 is 5.36. The van der Waals surface area contributed by atoms with Gasteiger partial charge in [0.15, 0.2) is 0 Å². The summed E-state index contributed by atoms with van der Waals surface area (Å²) in [5.41, 5.74) is 0.699. The van der Waals surface area contributed by atoms with E-state index in [1.807, 2.05) is 0 Å². The molecule has 94 valence electrons. The summed E-state index contributed by atoms with van der Waals surface area (Å²) in [5.74, 6) is -0.611. The van der Waals surface area contributed by atoms with Crippen LogP contribution in [-0.4, -0.2) is 26.5 Å². The third-order valence-corrected chi connectivity index (χ3v) is 3.26. The Bertz CT molecular complexity index is 573. The van der Waals surface area contributed by atoms with Crippen LogP contribution in [0.5, 0.6) is 0 Å². The number of halogens is 1. The molecule has 1 unspecified atom stereocenters. The van der Waals surface area contributed by atoms with Crippen molar-refractivity contribution in [3.63, 3.8) is 0 Å². The molecular weight excluding hydrogens is 276 g/mol. The smallest absolute Gasteiger partial charge is 0.316 e. The molecule has 2 aromatic rings. The number of carboxylic acids is 1. The highest BCUT2D eigenvalue weighted by atomic mass is 35.5. The van der Waals surface area contributed by atoms with E-state index in [-0.39, 0.29) is 5.22 Å². The van der Waals surface area contributed by atoms with Crippen molar-refractivity contribution in [2.75, 3.05) is 0 Å². The number of nitrogens with zero attached hydrogens (tertiary/aromatic N) is 2. The Labute approximate surface area is 112 Å². The van der Waals surface area contributed by atoms with E-state index in [9.17, 15) is 4.79 Å². The quantitative estimate of drug-likeness (QED) is 0.870. The van der Waals surface area contributed by atoms with Crippen LogP contribution in [0.25, 0.3) is 11.5 Å². The van der Waals surface area contributed by atoms with Crippen molar-refractivity contribution in [3.05, 3.63) is 29.3 Å². The van der Waals surface area contributed by atoms with Gasteiger partial charge in [0, 0.05) is 10.6 Å². The Balaban J connectivity index is 2.18. The molecule has 0 aliphatic carbocycles. The van der Waals surface area contributed by atoms with Crippen LogP contribution in [0.3, 0.4) is 0 Å². The molecule has 1 aromatic carbocycles. The first kappa shape index (κ1) is 12.9. The van der Waals surface area contributed by atoms with Crippen molar-refractivity contribution in [2.45, 2.75) is 17.4 Å². The standard InChI is InChI=1S/C11H9ClN2O3S/c1-6(10(15)16)18-11-14-13-9(17-11)7-3-2-4-8(12)5-7/h2-6H,1H3,(H,15,16). The second-order valence-corrected chi connectivity index (χ2v) is 5.21. The number of benzene rings is 1. The van der Waals surface area contributed by atoms with Gasteiger partial charge >= 0.3 is 5.97 Å². The summed E-state index contributed by atoms with van der Waals surface area (Å²) >= 11 is 6.85. The first-order valence-corrected chi connectivity index (χ1v) is 6.31. The Morgan fingerprint density at radius 3 is 2.94 bits per heavy atom. The van der Waals surface area contributed by atoms with Gasteiger partial charge in [-0.15, -0.1) is 10.2 Å². The minimum Gasteiger partial charge on any atom is -0.480 e. The lowest BCUT2D eigenvalue weighted by Crippen LogP contribution is -2.10. The molecule has 1 atom stereocenters. The zero-order valence-corrected chi connectivity index (χ0v) is 10.9. The molecule has 1 heterocycles. The van der Waals surface area contributed by atoms with Gasteiger partial charge in [-0.1, -0.05) is 29.4 Å². The lowest BCUT2D eigenvalue weighted by Gasteiger charge is -1.99. The van der Waals surface area contributed by atoms with Gasteiger partial charge in [0.25, 0.3) is 5.22 Å². The molecule has 0 fully saturated rings. The molecule has 0 saturated carbocycles. The lowest BCUT2D eigenvalue weighted by atomic mass is 10.2. The second-order valence-electron chi connectivity index (χ2n) is 3.48. The Morgan fingerprint density at radius 1 is 1.50 bits per heavy atom. The number of aliphatic carboxylic acids is 1. The number of carbonyl (C=O) groups is 1. The number of thioether (sulfide) groups is 1. The number of aromatic nitrogens is 2. The summed E-state index contributed by atoms with van der Waals surface area (Å²) in [6, 6.07) is 7.00. The predicted molar refractivity (Wildman–Crippen MR) is 67.7 cm³/mol. The van der Waals surface area contributed by atoms with Crippen LogP contribution in [0.2, 0.25) is 5.02 Å². The molecule has 5 nitrogen and oxygen atoms in total. The SMILES string of the molecule is CC(Sc1nnc(-c2cccc(Cl)c2)o1)C(=O)O. The Kier molecular flexibility index (Phi) is 3.88. The van der Waals surface area contributed by atoms with Gasteiger partial charge in [-0.3, -0.25) is 4.79 Å². The average Bonchev–Trinajstić information content (AvgIpc) is 2.77. The highest BCUT2D eigenvalue weighted by molar-refractivity contribution is 8.00. The molecule has 18 heavy (non-hydrogen) atoms. The third-order valence-electron chi connectivity index (χ3n) is 2.10. The highest BCUT2D eigenvalue weighted by Gasteiger charge is 2.17. The monoisotopic (exact) mass is 284 g/mol. The van der Waals surface area contributed by atoms with E-state index in [0.29, 0.717) is 16.5 Å². The predicted octanol–water partition coefficient (Wildman–Crippen LogP) is 2.96. The summed E-state index contributed by atoms with van der Waals surface area (Å²) in [6.45, 7) is 1.55. The molecule has 1 N–H and O–H groups in total. The van der Waals surface area contributed by atoms with Crippen molar-refractivity contribution in [2.24, 2.45) is 0 Å². The minimum atomic E-state index is -0.928. The molecule has 0 spiro atoms. The average molecular weight is 285 g/mol. The third kappa shape index (κ3) is 3.02. The first-order valence-electron chi connectivity index (χ1n) is 5.05. The lowest BCUT2D eigenvalue weighted by molar-refractivity contribution is -0.136. The van der Waals surface area contributed by atoms with Crippen LogP contribution in [0.4, 0.5) is 0 Å². The van der Waals surface area contributed by atoms with Crippen molar-refractivity contribution >= 4 is 29.3 Å². The maximum atomic E-state index is 10.7. The zero-order chi connectivity index (χ0) is 13.1. The number of carboxylic acid groups (broad SMARTS) is 1. The summed E-state index contributed by atoms with van der Waals surface area (Å²) in [5, 5.41) is 16.6. The van der Waals surface area contributed by atoms with Crippen molar-refractivity contribution in [1.82, 2.24) is 10.2 Å². The maximum absolute atomic E-state index is 10.7. The molecule has 2 rings (SSSR count). The molecule has 0 radical (unpaired) electrons. The van der Waals surface area contributed by atoms with E-state index in [2.05, 4.69) is 10.2 Å². The van der Waals surface area contributed by atoms with E-state index in [4.69, 9.17) is 21.1 Å². The first-order chi connectivity index (χ1) is 8.56. The van der Waals surface area contributed by atoms with Crippen molar-refractivity contribution < 1.29 is 14.3 Å². The molecular formula is C11H9ClN2O3S. The maximum Gasteiger partial charge on any atom is 0.316 e. The topological polar surface area (TPSA) is 76.2 Å². The fourth-order valence-electron chi connectivity index (χ4n) is 1.20. The van der Waals surface area contributed by atoms with Crippen molar-refractivity contribution in [1.29, 1.82) is 0 Å². The van der Waals surface area contributed by atoms with Crippen LogP contribution in [0.15, 0.2) is 33.9 Å². The molecule has 1 aromatic heterocycles. The van der Waals surface area contributed by atoms with Gasteiger partial charge < -0.3 is 9.52 Å². The molecule has 0 aliphatic heterocycles. The fraction of sp³-hybridized carbons (Fsp3) is 0.182. The normalized spacial score (nSPS) is 12.3. The molecule has 0 bridgehead atoms. The van der Waals surface area contributed by atoms with Crippen LogP contribution in [0, 0.1) is 0 Å². The van der Waals surface area contributed by atoms with Crippen LogP contribution < -0.4 is 0 Å². The van der Waals surface area contributed by atoms with Crippen LogP contribution in [0.1, 0.15) is 6.92 Å². The van der Waals surface area contributed by atoms with E-state index >= 15 is 0 Å². The summed E-state index contributed by atoms with van der Waals surface area (Å²) in [6.07, 6.45) is 0. The largest absolute Gasteiger partial charge is 0.480 e. The highest BCUT2D eigenvalue weighted by Crippen LogP contribution is 2.27. The van der Waals surface area contributed by atoms with Gasteiger partial charge in [0.2, 0.25) is 5.89 Å². The van der Waals surface area contributed by atoms with Gasteiger partial charge in [-0.25, -0.2) is 0 Å². The van der Waals surface area contributed by atoms with Crippen LogP contribution >= 0.6 is 23.4 Å². The minimum absolute atomic E-state index is 0.222. The molecule has 0 saturated heterocycles.